The number of ketones is 1. The lowest BCUT2D eigenvalue weighted by atomic mass is 10.1. The maximum Gasteiger partial charge on any atom is 0.269 e. The van der Waals surface area contributed by atoms with Crippen molar-refractivity contribution in [1.29, 1.82) is 0 Å². The monoisotopic (exact) mass is 358 g/mol. The van der Waals surface area contributed by atoms with Gasteiger partial charge >= 0.3 is 0 Å². The summed E-state index contributed by atoms with van der Waals surface area (Å²) >= 11 is 3.30. The number of hydrazine groups is 1. The topological polar surface area (TPSA) is 58.2 Å². The number of aryl methyl sites for hydroxylation is 1. The van der Waals surface area contributed by atoms with Crippen molar-refractivity contribution in [2.45, 2.75) is 6.92 Å². The van der Waals surface area contributed by atoms with Gasteiger partial charge in [-0.3, -0.25) is 15.0 Å². The van der Waals surface area contributed by atoms with Gasteiger partial charge in [0.15, 0.2) is 5.78 Å². The molecular weight excluding hydrogens is 344 g/mol. The highest BCUT2D eigenvalue weighted by Gasteiger charge is 2.04. The van der Waals surface area contributed by atoms with E-state index in [1.807, 2.05) is 25.1 Å². The van der Waals surface area contributed by atoms with Gasteiger partial charge in [0.2, 0.25) is 0 Å². The summed E-state index contributed by atoms with van der Waals surface area (Å²) in [6, 6.07) is 14.3. The van der Waals surface area contributed by atoms with Crippen LogP contribution in [0.5, 0.6) is 0 Å². The summed E-state index contributed by atoms with van der Waals surface area (Å²) in [6.07, 6.45) is 2.77. The minimum Gasteiger partial charge on any atom is -0.305 e. The molecule has 0 saturated carbocycles. The number of hydrogen-bond donors (Lipinski definition) is 2. The third-order valence-electron chi connectivity index (χ3n) is 2.93. The molecule has 0 aliphatic heterocycles. The van der Waals surface area contributed by atoms with E-state index in [-0.39, 0.29) is 11.7 Å². The van der Waals surface area contributed by atoms with Crippen molar-refractivity contribution in [3.8, 4) is 0 Å². The van der Waals surface area contributed by atoms with Gasteiger partial charge in [-0.15, -0.1) is 0 Å². The van der Waals surface area contributed by atoms with Gasteiger partial charge < -0.3 is 5.43 Å². The SMILES string of the molecule is Cc1ccc(C(=O)/C=C\NNC(=O)c2cccc(Br)c2)cc1. The lowest BCUT2D eigenvalue weighted by molar-refractivity contribution is 0.0939. The second kappa shape index (κ2) is 7.56. The average molecular weight is 359 g/mol. The summed E-state index contributed by atoms with van der Waals surface area (Å²) in [6.45, 7) is 1.96. The summed E-state index contributed by atoms with van der Waals surface area (Å²) < 4.78 is 0.824. The Bertz CT molecular complexity index is 709. The Labute approximate surface area is 137 Å². The van der Waals surface area contributed by atoms with Crippen LogP contribution in [0, 0.1) is 6.92 Å². The molecular formula is C17H15BrN2O2. The lowest BCUT2D eigenvalue weighted by Crippen LogP contribution is -2.33. The van der Waals surface area contributed by atoms with E-state index in [4.69, 9.17) is 0 Å². The van der Waals surface area contributed by atoms with E-state index < -0.39 is 0 Å². The van der Waals surface area contributed by atoms with Crippen molar-refractivity contribution < 1.29 is 9.59 Å². The van der Waals surface area contributed by atoms with Gasteiger partial charge in [-0.25, -0.2) is 0 Å². The van der Waals surface area contributed by atoms with E-state index in [0.29, 0.717) is 11.1 Å². The second-order valence-corrected chi connectivity index (χ2v) is 5.59. The van der Waals surface area contributed by atoms with E-state index in [2.05, 4.69) is 26.8 Å². The van der Waals surface area contributed by atoms with Crippen molar-refractivity contribution >= 4 is 27.6 Å². The molecule has 0 fully saturated rings. The summed E-state index contributed by atoms with van der Waals surface area (Å²) in [5, 5.41) is 0. The third kappa shape index (κ3) is 4.56. The molecule has 0 heterocycles. The molecule has 2 aromatic carbocycles. The highest BCUT2D eigenvalue weighted by atomic mass is 79.9. The fraction of sp³-hybridized carbons (Fsp3) is 0.0588. The Balaban J connectivity index is 1.86. The predicted octanol–water partition coefficient (Wildman–Crippen LogP) is 3.39. The zero-order chi connectivity index (χ0) is 15.9. The molecule has 0 aromatic heterocycles. The van der Waals surface area contributed by atoms with Gasteiger partial charge in [-0.1, -0.05) is 51.8 Å². The molecule has 22 heavy (non-hydrogen) atoms. The number of allylic oxidation sites excluding steroid dienone is 1. The minimum atomic E-state index is -0.284. The van der Waals surface area contributed by atoms with Gasteiger partial charge in [-0.2, -0.15) is 0 Å². The van der Waals surface area contributed by atoms with E-state index in [9.17, 15) is 9.59 Å². The summed E-state index contributed by atoms with van der Waals surface area (Å²) in [7, 11) is 0. The van der Waals surface area contributed by atoms with Crippen molar-refractivity contribution in [1.82, 2.24) is 10.9 Å². The molecule has 4 nitrogen and oxygen atoms in total. The molecule has 0 atom stereocenters. The normalized spacial score (nSPS) is 10.5. The van der Waals surface area contributed by atoms with Gasteiger partial charge in [0, 0.05) is 27.9 Å². The van der Waals surface area contributed by atoms with Gasteiger partial charge in [0.25, 0.3) is 5.91 Å². The largest absolute Gasteiger partial charge is 0.305 e. The Morgan fingerprint density at radius 1 is 1.05 bits per heavy atom. The third-order valence-corrected chi connectivity index (χ3v) is 3.42. The highest BCUT2D eigenvalue weighted by molar-refractivity contribution is 9.10. The number of amides is 1. The van der Waals surface area contributed by atoms with Crippen LogP contribution in [0.1, 0.15) is 26.3 Å². The standard InChI is InChI=1S/C17H15BrN2O2/c1-12-5-7-13(8-6-12)16(21)9-10-19-20-17(22)14-3-2-4-15(18)11-14/h2-11,19H,1H3,(H,20,22)/b10-9-. The highest BCUT2D eigenvalue weighted by Crippen LogP contribution is 2.11. The smallest absolute Gasteiger partial charge is 0.269 e. The Hall–Kier alpha value is -2.40. The van der Waals surface area contributed by atoms with Crippen LogP contribution in [-0.2, 0) is 0 Å². The molecule has 0 unspecified atom stereocenters. The molecule has 0 bridgehead atoms. The van der Waals surface area contributed by atoms with E-state index >= 15 is 0 Å². The van der Waals surface area contributed by atoms with Crippen LogP contribution in [0.15, 0.2) is 65.3 Å². The number of rotatable bonds is 5. The Morgan fingerprint density at radius 3 is 2.45 bits per heavy atom. The van der Waals surface area contributed by atoms with Crippen LogP contribution in [0.2, 0.25) is 0 Å². The summed E-state index contributed by atoms with van der Waals surface area (Å²) in [5.41, 5.74) is 7.30. The van der Waals surface area contributed by atoms with E-state index in [0.717, 1.165) is 10.0 Å². The molecule has 2 N–H and O–H groups in total. The molecule has 2 rings (SSSR count). The zero-order valence-corrected chi connectivity index (χ0v) is 13.6. The molecule has 0 spiro atoms. The van der Waals surface area contributed by atoms with Crippen molar-refractivity contribution in [2.75, 3.05) is 0 Å². The summed E-state index contributed by atoms with van der Waals surface area (Å²) in [4.78, 5) is 23.7. The number of benzene rings is 2. The molecule has 2 aromatic rings. The number of halogens is 1. The molecule has 0 aliphatic rings. The van der Waals surface area contributed by atoms with Crippen LogP contribution in [0.4, 0.5) is 0 Å². The first-order chi connectivity index (χ1) is 10.6. The molecule has 5 heteroatoms. The quantitative estimate of drug-likeness (QED) is 0.489. The first kappa shape index (κ1) is 16.0. The van der Waals surface area contributed by atoms with Crippen LogP contribution >= 0.6 is 15.9 Å². The number of carbonyl (C=O) groups excluding carboxylic acids is 2. The molecule has 0 saturated heterocycles. The number of nitrogens with one attached hydrogen (secondary N) is 2. The van der Waals surface area contributed by atoms with E-state index in [1.54, 1.807) is 30.3 Å². The first-order valence-corrected chi connectivity index (χ1v) is 7.44. The predicted molar refractivity (Wildman–Crippen MR) is 89.4 cm³/mol. The maximum atomic E-state index is 11.9. The van der Waals surface area contributed by atoms with Gasteiger partial charge in [-0.05, 0) is 25.1 Å². The summed E-state index contributed by atoms with van der Waals surface area (Å²) in [5.74, 6) is -0.419. The zero-order valence-electron chi connectivity index (χ0n) is 12.0. The van der Waals surface area contributed by atoms with Crippen molar-refractivity contribution in [3.63, 3.8) is 0 Å². The van der Waals surface area contributed by atoms with Crippen LogP contribution in [-0.4, -0.2) is 11.7 Å². The molecule has 0 aliphatic carbocycles. The molecule has 112 valence electrons. The van der Waals surface area contributed by atoms with Crippen LogP contribution in [0.25, 0.3) is 0 Å². The first-order valence-electron chi connectivity index (χ1n) is 6.65. The molecule has 1 amide bonds. The van der Waals surface area contributed by atoms with Crippen LogP contribution in [0.3, 0.4) is 0 Å². The Morgan fingerprint density at radius 2 is 1.77 bits per heavy atom. The number of hydrogen-bond acceptors (Lipinski definition) is 3. The molecule has 0 radical (unpaired) electrons. The van der Waals surface area contributed by atoms with Gasteiger partial charge in [0.05, 0.1) is 0 Å². The van der Waals surface area contributed by atoms with Gasteiger partial charge in [0.1, 0.15) is 0 Å². The van der Waals surface area contributed by atoms with Crippen molar-refractivity contribution in [3.05, 3.63) is 82.0 Å². The van der Waals surface area contributed by atoms with E-state index in [1.165, 1.54) is 12.3 Å². The minimum absolute atomic E-state index is 0.135. The fourth-order valence-corrected chi connectivity index (χ4v) is 2.14. The van der Waals surface area contributed by atoms with Crippen molar-refractivity contribution in [2.24, 2.45) is 0 Å². The number of carbonyl (C=O) groups is 2. The lowest BCUT2D eigenvalue weighted by Gasteiger charge is -2.04. The maximum absolute atomic E-state index is 11.9. The van der Waals surface area contributed by atoms with Crippen LogP contribution < -0.4 is 10.9 Å². The fourth-order valence-electron chi connectivity index (χ4n) is 1.74. The Kier molecular flexibility index (Phi) is 5.49. The second-order valence-electron chi connectivity index (χ2n) is 4.67. The average Bonchev–Trinajstić information content (AvgIpc) is 2.51.